The van der Waals surface area contributed by atoms with Crippen LogP contribution in [-0.4, -0.2) is 30.7 Å². The molecular weight excluding hydrogens is 344 g/mol. The molecule has 0 radical (unpaired) electrons. The molecule has 0 aliphatic rings. The molecule has 0 saturated heterocycles. The molecule has 0 N–H and O–H groups in total. The van der Waals surface area contributed by atoms with Crippen molar-refractivity contribution in [2.45, 2.75) is 25.7 Å². The first kappa shape index (κ1) is 18.9. The molecule has 8 heteroatoms. The molecule has 0 fully saturated rings. The molecule has 134 valence electrons. The van der Waals surface area contributed by atoms with E-state index >= 15 is 0 Å². The van der Waals surface area contributed by atoms with Gasteiger partial charge < -0.3 is 4.74 Å². The number of hydrogen-bond acceptors (Lipinski definition) is 5. The number of rotatable bonds is 7. The molecule has 0 amide bonds. The van der Waals surface area contributed by atoms with Crippen LogP contribution in [0, 0.1) is 17.0 Å². The van der Waals surface area contributed by atoms with Crippen LogP contribution >= 0.6 is 0 Å². The molecule has 25 heavy (non-hydrogen) atoms. The zero-order chi connectivity index (χ0) is 18.6. The largest absolute Gasteiger partial charge is 0.450 e. The maximum absolute atomic E-state index is 12.5. The molecule has 0 aliphatic heterocycles. The van der Waals surface area contributed by atoms with Gasteiger partial charge in [-0.1, -0.05) is 31.5 Å². The molecule has 0 bridgehead atoms. The Balaban J connectivity index is 2.44. The maximum Gasteiger partial charge on any atom is 0.312 e. The minimum atomic E-state index is -3.78. The minimum absolute atomic E-state index is 0.00708. The average Bonchev–Trinajstić information content (AvgIpc) is 2.57. The lowest BCUT2D eigenvalue weighted by molar-refractivity contribution is -0.385. The van der Waals surface area contributed by atoms with E-state index in [1.165, 1.54) is 16.4 Å². The highest BCUT2D eigenvalue weighted by Crippen LogP contribution is 2.34. The quantitative estimate of drug-likeness (QED) is 0.552. The summed E-state index contributed by atoms with van der Waals surface area (Å²) < 4.78 is 31.9. The lowest BCUT2D eigenvalue weighted by Gasteiger charge is -2.18. The molecule has 0 unspecified atom stereocenters. The van der Waals surface area contributed by atoms with E-state index in [9.17, 15) is 18.5 Å². The van der Waals surface area contributed by atoms with Gasteiger partial charge in [-0.2, -0.15) is 4.31 Å². The van der Waals surface area contributed by atoms with Gasteiger partial charge in [-0.05, 0) is 31.2 Å². The Morgan fingerprint density at radius 3 is 2.20 bits per heavy atom. The second kappa shape index (κ2) is 7.62. The van der Waals surface area contributed by atoms with Gasteiger partial charge in [0.1, 0.15) is 5.75 Å². The fourth-order valence-electron chi connectivity index (χ4n) is 2.33. The second-order valence-corrected chi connectivity index (χ2v) is 7.33. The highest BCUT2D eigenvalue weighted by atomic mass is 32.2. The van der Waals surface area contributed by atoms with Gasteiger partial charge in [-0.25, -0.2) is 8.42 Å². The van der Waals surface area contributed by atoms with E-state index in [4.69, 9.17) is 4.74 Å². The number of aryl methyl sites for hydroxylation is 1. The van der Waals surface area contributed by atoms with Crippen molar-refractivity contribution >= 4 is 15.7 Å². The lowest BCUT2D eigenvalue weighted by Crippen LogP contribution is -2.30. The first-order chi connectivity index (χ1) is 11.8. The molecule has 0 spiro atoms. The van der Waals surface area contributed by atoms with E-state index < -0.39 is 20.6 Å². The smallest absolute Gasteiger partial charge is 0.312 e. The SMILES string of the molecule is CCN(CC)S(=O)(=O)c1ccc(Oc2ccc(C)cc2)c([N+](=O)[O-])c1. The predicted octanol–water partition coefficient (Wildman–Crippen LogP) is 3.73. The third-order valence-corrected chi connectivity index (χ3v) is 5.76. The Morgan fingerprint density at radius 2 is 1.68 bits per heavy atom. The van der Waals surface area contributed by atoms with Gasteiger partial charge in [0.15, 0.2) is 0 Å². The van der Waals surface area contributed by atoms with Gasteiger partial charge >= 0.3 is 5.69 Å². The van der Waals surface area contributed by atoms with Crippen LogP contribution < -0.4 is 4.74 Å². The number of benzene rings is 2. The van der Waals surface area contributed by atoms with Crippen molar-refractivity contribution < 1.29 is 18.1 Å². The van der Waals surface area contributed by atoms with E-state index in [1.807, 2.05) is 19.1 Å². The summed E-state index contributed by atoms with van der Waals surface area (Å²) in [6.07, 6.45) is 0. The molecule has 0 atom stereocenters. The molecule has 2 aromatic rings. The van der Waals surface area contributed by atoms with Gasteiger partial charge in [0.05, 0.1) is 9.82 Å². The first-order valence-electron chi connectivity index (χ1n) is 7.82. The fourth-order valence-corrected chi connectivity index (χ4v) is 3.81. The number of nitro benzene ring substituents is 1. The number of hydrogen-bond donors (Lipinski definition) is 0. The first-order valence-corrected chi connectivity index (χ1v) is 9.26. The van der Waals surface area contributed by atoms with E-state index in [0.717, 1.165) is 11.6 Å². The van der Waals surface area contributed by atoms with Crippen LogP contribution in [0.15, 0.2) is 47.4 Å². The summed E-state index contributed by atoms with van der Waals surface area (Å²) in [7, 11) is -3.78. The van der Waals surface area contributed by atoms with Crippen LogP contribution in [0.25, 0.3) is 0 Å². The van der Waals surface area contributed by atoms with Gasteiger partial charge in [-0.3, -0.25) is 10.1 Å². The van der Waals surface area contributed by atoms with E-state index in [1.54, 1.807) is 26.0 Å². The maximum atomic E-state index is 12.5. The van der Waals surface area contributed by atoms with Crippen LogP contribution in [0.3, 0.4) is 0 Å². The van der Waals surface area contributed by atoms with Crippen molar-refractivity contribution in [3.05, 3.63) is 58.1 Å². The Morgan fingerprint density at radius 1 is 1.08 bits per heavy atom. The lowest BCUT2D eigenvalue weighted by atomic mass is 10.2. The molecule has 7 nitrogen and oxygen atoms in total. The summed E-state index contributed by atoms with van der Waals surface area (Å²) in [5, 5.41) is 11.4. The average molecular weight is 364 g/mol. The van der Waals surface area contributed by atoms with Crippen molar-refractivity contribution in [1.82, 2.24) is 4.31 Å². The highest BCUT2D eigenvalue weighted by Gasteiger charge is 2.26. The number of nitro groups is 1. The molecule has 0 aromatic heterocycles. The zero-order valence-electron chi connectivity index (χ0n) is 14.3. The molecule has 0 saturated carbocycles. The topological polar surface area (TPSA) is 89.8 Å². The van der Waals surface area contributed by atoms with Crippen molar-refractivity contribution in [2.75, 3.05) is 13.1 Å². The monoisotopic (exact) mass is 364 g/mol. The van der Waals surface area contributed by atoms with Gasteiger partial charge in [0, 0.05) is 19.2 Å². The number of ether oxygens (including phenoxy) is 1. The Hall–Kier alpha value is -2.45. The predicted molar refractivity (Wildman–Crippen MR) is 94.5 cm³/mol. The summed E-state index contributed by atoms with van der Waals surface area (Å²) >= 11 is 0. The fraction of sp³-hybridized carbons (Fsp3) is 0.294. The van der Waals surface area contributed by atoms with Crippen molar-refractivity contribution in [2.24, 2.45) is 0 Å². The Bertz CT molecular complexity index is 859. The van der Waals surface area contributed by atoms with Crippen LogP contribution in [0.2, 0.25) is 0 Å². The van der Waals surface area contributed by atoms with Crippen LogP contribution in [0.5, 0.6) is 11.5 Å². The highest BCUT2D eigenvalue weighted by molar-refractivity contribution is 7.89. The summed E-state index contributed by atoms with van der Waals surface area (Å²) in [5.41, 5.74) is 0.635. The standard InChI is InChI=1S/C17H20N2O5S/c1-4-18(5-2)25(22,23)15-10-11-17(16(12-15)19(20)21)24-14-8-6-13(3)7-9-14/h6-12H,4-5H2,1-3H3. The van der Waals surface area contributed by atoms with E-state index in [2.05, 4.69) is 0 Å². The van der Waals surface area contributed by atoms with Crippen LogP contribution in [0.1, 0.15) is 19.4 Å². The van der Waals surface area contributed by atoms with E-state index in [0.29, 0.717) is 5.75 Å². The third-order valence-electron chi connectivity index (χ3n) is 3.72. The summed E-state index contributed by atoms with van der Waals surface area (Å²) in [6, 6.07) is 10.7. The minimum Gasteiger partial charge on any atom is -0.450 e. The normalized spacial score (nSPS) is 11.5. The van der Waals surface area contributed by atoms with Gasteiger partial charge in [0.25, 0.3) is 0 Å². The van der Waals surface area contributed by atoms with Crippen molar-refractivity contribution in [3.63, 3.8) is 0 Å². The summed E-state index contributed by atoms with van der Waals surface area (Å²) in [4.78, 5) is 10.6. The van der Waals surface area contributed by atoms with E-state index in [-0.39, 0.29) is 23.7 Å². The van der Waals surface area contributed by atoms with Gasteiger partial charge in [-0.15, -0.1) is 0 Å². The molecule has 2 rings (SSSR count). The Labute approximate surface area is 147 Å². The van der Waals surface area contributed by atoms with Crippen molar-refractivity contribution in [3.8, 4) is 11.5 Å². The molecule has 2 aromatic carbocycles. The Kier molecular flexibility index (Phi) is 5.76. The second-order valence-electron chi connectivity index (χ2n) is 5.39. The third kappa shape index (κ3) is 4.15. The van der Waals surface area contributed by atoms with Crippen LogP contribution in [-0.2, 0) is 10.0 Å². The summed E-state index contributed by atoms with van der Waals surface area (Å²) in [5.74, 6) is 0.431. The van der Waals surface area contributed by atoms with Crippen molar-refractivity contribution in [1.29, 1.82) is 0 Å². The van der Waals surface area contributed by atoms with Crippen LogP contribution in [0.4, 0.5) is 5.69 Å². The number of nitrogens with zero attached hydrogens (tertiary/aromatic N) is 2. The number of sulfonamides is 1. The molecule has 0 aliphatic carbocycles. The zero-order valence-corrected chi connectivity index (χ0v) is 15.1. The summed E-state index contributed by atoms with van der Waals surface area (Å²) in [6.45, 7) is 5.91. The van der Waals surface area contributed by atoms with Gasteiger partial charge in [0.2, 0.25) is 15.8 Å². The molecule has 0 heterocycles. The molecular formula is C17H20N2O5S.